The SMILES string of the molecule is Cc1ccc(S(=O)(=O)C2(S(=O)(=O)c3ccc(C)cc3)C[C@@H](/C=C/C[Si](C)(C)c3ccccc3)[C@H](/C=C/[CH2][Sn]([CH3])([CH3])[CH3])C2)cc1. The number of hydrogen-bond donors (Lipinski definition) is 0. The molecule has 44 heavy (non-hydrogen) atoms. The van der Waals surface area contributed by atoms with Crippen LogP contribution >= 0.6 is 0 Å². The molecule has 8 heteroatoms. The van der Waals surface area contributed by atoms with Crippen LogP contribution in [-0.2, 0) is 19.7 Å². The summed E-state index contributed by atoms with van der Waals surface area (Å²) in [5.41, 5.74) is 1.84. The van der Waals surface area contributed by atoms with Crippen LogP contribution in [0, 0.1) is 25.7 Å². The first-order valence-electron chi connectivity index (χ1n) is 15.5. The third-order valence-corrected chi connectivity index (χ3v) is 22.0. The first-order chi connectivity index (χ1) is 20.5. The fourth-order valence-corrected chi connectivity index (χ4v) is 15.8. The van der Waals surface area contributed by atoms with E-state index in [9.17, 15) is 16.8 Å². The van der Waals surface area contributed by atoms with Crippen LogP contribution in [0.25, 0.3) is 0 Å². The molecule has 4 rings (SSSR count). The molecule has 236 valence electrons. The fraction of sp³-hybridized carbons (Fsp3) is 0.389. The van der Waals surface area contributed by atoms with Gasteiger partial charge in [-0.2, -0.15) is 0 Å². The van der Waals surface area contributed by atoms with Crippen LogP contribution in [0.5, 0.6) is 0 Å². The average molecular weight is 756 g/mol. The number of benzene rings is 3. The van der Waals surface area contributed by atoms with Gasteiger partial charge in [-0.15, -0.1) is 0 Å². The van der Waals surface area contributed by atoms with E-state index in [0.29, 0.717) is 0 Å². The molecule has 1 aliphatic rings. The number of hydrogen-bond acceptors (Lipinski definition) is 4. The first-order valence-corrected chi connectivity index (χ1v) is 32.3. The van der Waals surface area contributed by atoms with E-state index >= 15 is 0 Å². The topological polar surface area (TPSA) is 68.3 Å². The predicted octanol–water partition coefficient (Wildman–Crippen LogP) is 8.34. The molecule has 0 bridgehead atoms. The van der Waals surface area contributed by atoms with Crippen LogP contribution in [0.4, 0.5) is 0 Å². The summed E-state index contributed by atoms with van der Waals surface area (Å²) in [7, 11) is -10.3. The second-order valence-corrected chi connectivity index (χ2v) is 39.7. The molecule has 0 radical (unpaired) electrons. The zero-order valence-corrected chi connectivity index (χ0v) is 32.7. The van der Waals surface area contributed by atoms with Crippen molar-refractivity contribution in [3.8, 4) is 0 Å². The molecule has 0 amide bonds. The molecule has 0 spiro atoms. The Kier molecular flexibility index (Phi) is 10.7. The molecule has 1 saturated carbocycles. The van der Waals surface area contributed by atoms with Gasteiger partial charge in [0.25, 0.3) is 0 Å². The van der Waals surface area contributed by atoms with Gasteiger partial charge in [-0.3, -0.25) is 0 Å². The summed E-state index contributed by atoms with van der Waals surface area (Å²) in [5, 5.41) is 1.36. The third-order valence-electron chi connectivity index (χ3n) is 8.97. The quantitative estimate of drug-likeness (QED) is 0.146. The summed E-state index contributed by atoms with van der Waals surface area (Å²) in [6.07, 6.45) is 8.72. The molecule has 0 saturated heterocycles. The number of sulfone groups is 2. The van der Waals surface area contributed by atoms with E-state index in [-0.39, 0.29) is 34.5 Å². The van der Waals surface area contributed by atoms with Crippen molar-refractivity contribution in [2.45, 2.75) is 79.0 Å². The van der Waals surface area contributed by atoms with Crippen molar-refractivity contribution in [2.24, 2.45) is 11.8 Å². The molecular weight excluding hydrogens is 707 g/mol. The summed E-state index contributed by atoms with van der Waals surface area (Å²) in [6, 6.07) is 24.7. The van der Waals surface area contributed by atoms with E-state index in [1.54, 1.807) is 48.5 Å². The second-order valence-electron chi connectivity index (χ2n) is 14.4. The molecule has 0 unspecified atom stereocenters. The van der Waals surface area contributed by atoms with Gasteiger partial charge in [-0.05, 0) is 0 Å². The van der Waals surface area contributed by atoms with Crippen LogP contribution in [0.15, 0.2) is 113 Å². The van der Waals surface area contributed by atoms with Crippen molar-refractivity contribution in [3.63, 3.8) is 0 Å². The van der Waals surface area contributed by atoms with Crippen molar-refractivity contribution >= 4 is 51.3 Å². The van der Waals surface area contributed by atoms with E-state index in [0.717, 1.165) is 21.6 Å². The van der Waals surface area contributed by atoms with Crippen LogP contribution in [0.3, 0.4) is 0 Å². The average Bonchev–Trinajstić information content (AvgIpc) is 3.34. The normalized spacial score (nSPS) is 19.6. The van der Waals surface area contributed by atoms with Crippen molar-refractivity contribution in [2.75, 3.05) is 0 Å². The third kappa shape index (κ3) is 7.53. The molecular formula is C36H48O4S2SiSn. The van der Waals surface area contributed by atoms with Crippen LogP contribution in [0.2, 0.25) is 38.4 Å². The molecule has 0 aliphatic heterocycles. The maximum atomic E-state index is 14.7. The van der Waals surface area contributed by atoms with Gasteiger partial charge in [0.15, 0.2) is 0 Å². The van der Waals surface area contributed by atoms with Crippen LogP contribution < -0.4 is 5.19 Å². The Morgan fingerprint density at radius 3 is 1.57 bits per heavy atom. The Morgan fingerprint density at radius 1 is 0.705 bits per heavy atom. The monoisotopic (exact) mass is 756 g/mol. The minimum absolute atomic E-state index is 0.0248. The van der Waals surface area contributed by atoms with Gasteiger partial charge in [-0.25, -0.2) is 0 Å². The Labute approximate surface area is 271 Å². The molecule has 0 aromatic heterocycles. The molecule has 1 fully saturated rings. The second kappa shape index (κ2) is 13.4. The van der Waals surface area contributed by atoms with Crippen molar-refractivity contribution < 1.29 is 16.8 Å². The van der Waals surface area contributed by atoms with Crippen LogP contribution in [0.1, 0.15) is 24.0 Å². The van der Waals surface area contributed by atoms with Gasteiger partial charge in [-0.1, -0.05) is 6.07 Å². The Balaban J connectivity index is 1.83. The van der Waals surface area contributed by atoms with Crippen molar-refractivity contribution in [1.82, 2.24) is 0 Å². The molecule has 1 aliphatic carbocycles. The summed E-state index contributed by atoms with van der Waals surface area (Å²) in [6.45, 7) is 8.46. The Bertz CT molecular complexity index is 1630. The molecule has 2 atom stereocenters. The summed E-state index contributed by atoms with van der Waals surface area (Å²) >= 11 is -2.15. The number of aryl methyl sites for hydroxylation is 2. The molecule has 4 nitrogen and oxygen atoms in total. The molecule has 3 aromatic carbocycles. The van der Waals surface area contributed by atoms with Gasteiger partial charge >= 0.3 is 267 Å². The summed E-state index contributed by atoms with van der Waals surface area (Å²) in [5.74, 6) is -0.427. The first kappa shape index (κ1) is 34.9. The van der Waals surface area contributed by atoms with Crippen molar-refractivity contribution in [1.29, 1.82) is 0 Å². The van der Waals surface area contributed by atoms with E-state index < -0.39 is 50.2 Å². The van der Waals surface area contributed by atoms with Gasteiger partial charge in [0, 0.05) is 0 Å². The fourth-order valence-electron chi connectivity index (χ4n) is 6.11. The molecule has 0 N–H and O–H groups in total. The number of allylic oxidation sites excluding steroid dienone is 4. The Morgan fingerprint density at radius 2 is 1.14 bits per heavy atom. The van der Waals surface area contributed by atoms with E-state index in [2.05, 4.69) is 76.5 Å². The van der Waals surface area contributed by atoms with Crippen molar-refractivity contribution in [3.05, 3.63) is 114 Å². The maximum absolute atomic E-state index is 14.7. The zero-order valence-electron chi connectivity index (χ0n) is 27.2. The molecule has 3 aromatic rings. The minimum atomic E-state index is -4.28. The number of rotatable bonds is 11. The standard InChI is InChI=1S/C33H39O4S2Si.3CH3.Sn/c1-6-11-28-24-33(38(34,35)30-19-15-26(2)16-20-30,39(36,37)31-21-17-27(3)18-22-31)25-29(28)12-10-23-40(4,5)32-13-8-7-9-14-32;;;;/h6-22,28-29H,1,23-25H2,2-5H3;3*1H3;/b11-6+,12-10+;;;;/t28-,29-;;;;/m1..../s1. The molecule has 0 heterocycles. The summed E-state index contributed by atoms with van der Waals surface area (Å²) in [4.78, 5) is 7.24. The van der Waals surface area contributed by atoms with Gasteiger partial charge < -0.3 is 0 Å². The van der Waals surface area contributed by atoms with Crippen LogP contribution in [-0.4, -0.2) is 47.4 Å². The van der Waals surface area contributed by atoms with Gasteiger partial charge in [0.2, 0.25) is 0 Å². The van der Waals surface area contributed by atoms with Gasteiger partial charge in [0.05, 0.1) is 0 Å². The summed E-state index contributed by atoms with van der Waals surface area (Å²) < 4.78 is 57.8. The zero-order chi connectivity index (χ0) is 32.4. The van der Waals surface area contributed by atoms with E-state index in [1.807, 2.05) is 19.9 Å². The predicted molar refractivity (Wildman–Crippen MR) is 190 cm³/mol. The van der Waals surface area contributed by atoms with Gasteiger partial charge in [0.1, 0.15) is 0 Å². The Hall–Kier alpha value is -1.94. The van der Waals surface area contributed by atoms with E-state index in [1.165, 1.54) is 5.19 Å². The van der Waals surface area contributed by atoms with E-state index in [4.69, 9.17) is 0 Å².